The molecule has 0 aliphatic rings. The van der Waals surface area contributed by atoms with Crippen molar-refractivity contribution < 1.29 is 8.78 Å². The fourth-order valence-electron chi connectivity index (χ4n) is 0.326. The normalized spacial score (nSPS) is 8.00. The van der Waals surface area contributed by atoms with E-state index in [9.17, 15) is 8.78 Å². The zero-order valence-electron chi connectivity index (χ0n) is 5.55. The molecule has 10 heavy (non-hydrogen) atoms. The fourth-order valence-corrected chi connectivity index (χ4v) is 0.678. The summed E-state index contributed by atoms with van der Waals surface area (Å²) in [5.74, 6) is 4.91. The summed E-state index contributed by atoms with van der Waals surface area (Å²) in [6, 6.07) is 0. The molecule has 0 bridgehead atoms. The largest absolute Gasteiger partial charge is 0.282 e. The number of alkyl halides is 1. The van der Waals surface area contributed by atoms with E-state index >= 15 is 0 Å². The molecular weight excluding hydrogens is 202 g/mol. The van der Waals surface area contributed by atoms with Gasteiger partial charge in [-0.05, 0) is 0 Å². The Hall–Kier alpha value is -0.360. The van der Waals surface area contributed by atoms with Crippen molar-refractivity contribution in [1.82, 2.24) is 0 Å². The minimum atomic E-state index is -1.70. The first-order valence-electron chi connectivity index (χ1n) is 2.81. The highest BCUT2D eigenvalue weighted by molar-refractivity contribution is 9.09. The van der Waals surface area contributed by atoms with Crippen LogP contribution in [0.25, 0.3) is 0 Å². The van der Waals surface area contributed by atoms with Crippen LogP contribution in [0.4, 0.5) is 8.78 Å². The molecule has 0 aromatic heterocycles. The van der Waals surface area contributed by atoms with Crippen LogP contribution in [0.3, 0.4) is 0 Å². The van der Waals surface area contributed by atoms with Gasteiger partial charge in [0.25, 0.3) is 6.08 Å². The molecule has 0 atom stereocenters. The summed E-state index contributed by atoms with van der Waals surface area (Å²) in [6.45, 7) is 1.81. The van der Waals surface area contributed by atoms with Crippen molar-refractivity contribution in [3.05, 3.63) is 11.7 Å². The minimum absolute atomic E-state index is 0.123. The van der Waals surface area contributed by atoms with Crippen molar-refractivity contribution in [2.75, 3.05) is 5.33 Å². The maximum atomic E-state index is 11.8. The van der Waals surface area contributed by atoms with Gasteiger partial charge >= 0.3 is 0 Å². The summed E-state index contributed by atoms with van der Waals surface area (Å²) in [6.07, 6.45) is -1.10. The van der Waals surface area contributed by atoms with E-state index in [1.165, 1.54) is 0 Å². The Balaban J connectivity index is 4.24. The molecule has 3 heteroatoms. The average Bonchev–Trinajstić information content (AvgIpc) is 1.89. The molecule has 0 fully saturated rings. The molecule has 0 radical (unpaired) electrons. The van der Waals surface area contributed by atoms with Crippen molar-refractivity contribution >= 4 is 15.9 Å². The Bertz CT molecular complexity index is 182. The minimum Gasteiger partial charge on any atom is -0.172 e. The van der Waals surface area contributed by atoms with E-state index in [2.05, 4.69) is 27.8 Å². The van der Waals surface area contributed by atoms with Crippen molar-refractivity contribution in [2.45, 2.75) is 13.3 Å². The first-order valence-corrected chi connectivity index (χ1v) is 3.93. The second kappa shape index (κ2) is 5.43. The summed E-state index contributed by atoms with van der Waals surface area (Å²) >= 11 is 2.91. The molecule has 0 rings (SSSR count). The highest BCUT2D eigenvalue weighted by atomic mass is 79.9. The number of halogens is 3. The second-order valence-corrected chi connectivity index (χ2v) is 2.09. The Labute approximate surface area is 67.4 Å². The predicted molar refractivity (Wildman–Crippen MR) is 41.1 cm³/mol. The molecule has 0 unspecified atom stereocenters. The molecule has 56 valence electrons. The van der Waals surface area contributed by atoms with Crippen LogP contribution >= 0.6 is 15.9 Å². The highest BCUT2D eigenvalue weighted by Gasteiger charge is 1.98. The van der Waals surface area contributed by atoms with E-state index in [0.29, 0.717) is 6.42 Å². The van der Waals surface area contributed by atoms with Crippen LogP contribution in [0.5, 0.6) is 0 Å². The van der Waals surface area contributed by atoms with Crippen LogP contribution in [0.1, 0.15) is 13.3 Å². The lowest BCUT2D eigenvalue weighted by Gasteiger charge is -1.86. The Morgan fingerprint density at radius 3 is 2.40 bits per heavy atom. The molecule has 0 nitrogen and oxygen atoms in total. The molecule has 0 N–H and O–H groups in total. The average molecular weight is 209 g/mol. The van der Waals surface area contributed by atoms with Gasteiger partial charge in [0.15, 0.2) is 0 Å². The van der Waals surface area contributed by atoms with E-state index in [4.69, 9.17) is 0 Å². The zero-order valence-corrected chi connectivity index (χ0v) is 7.13. The van der Waals surface area contributed by atoms with E-state index in [-0.39, 0.29) is 10.9 Å². The van der Waals surface area contributed by atoms with Crippen LogP contribution < -0.4 is 0 Å². The molecule has 0 heterocycles. The topological polar surface area (TPSA) is 0 Å². The third-order valence-corrected chi connectivity index (χ3v) is 1.34. The predicted octanol–water partition coefficient (Wildman–Crippen LogP) is 2.95. The summed E-state index contributed by atoms with van der Waals surface area (Å²) in [5, 5.41) is 0.127. The third kappa shape index (κ3) is 3.62. The van der Waals surface area contributed by atoms with Gasteiger partial charge in [0.2, 0.25) is 0 Å². The van der Waals surface area contributed by atoms with Crippen LogP contribution in [0.15, 0.2) is 11.7 Å². The quantitative estimate of drug-likeness (QED) is 0.460. The molecule has 0 spiro atoms. The Morgan fingerprint density at radius 2 is 2.10 bits per heavy atom. The van der Waals surface area contributed by atoms with Gasteiger partial charge in [-0.15, -0.1) is 0 Å². The van der Waals surface area contributed by atoms with Gasteiger partial charge < -0.3 is 0 Å². The lowest BCUT2D eigenvalue weighted by Crippen LogP contribution is -1.80. The van der Waals surface area contributed by atoms with Crippen LogP contribution in [-0.4, -0.2) is 5.33 Å². The van der Waals surface area contributed by atoms with Crippen molar-refractivity contribution in [3.63, 3.8) is 0 Å². The Kier molecular flexibility index (Phi) is 5.23. The standard InChI is InChI=1S/C7H7BrF2/c1-2-3-4-6(5-8)7(9)10/h2,5H2,1H3. The van der Waals surface area contributed by atoms with Gasteiger partial charge in [0.05, 0.1) is 5.57 Å². The summed E-state index contributed by atoms with van der Waals surface area (Å²) in [7, 11) is 0. The summed E-state index contributed by atoms with van der Waals surface area (Å²) in [5.41, 5.74) is -0.123. The number of hydrogen-bond donors (Lipinski definition) is 0. The van der Waals surface area contributed by atoms with Crippen LogP contribution in [0.2, 0.25) is 0 Å². The van der Waals surface area contributed by atoms with Gasteiger partial charge in [-0.1, -0.05) is 34.7 Å². The van der Waals surface area contributed by atoms with Gasteiger partial charge in [-0.2, -0.15) is 8.78 Å². The molecule has 0 amide bonds. The Morgan fingerprint density at radius 1 is 1.50 bits per heavy atom. The van der Waals surface area contributed by atoms with Gasteiger partial charge in [0, 0.05) is 11.8 Å². The van der Waals surface area contributed by atoms with Crippen LogP contribution in [0, 0.1) is 11.8 Å². The zero-order chi connectivity index (χ0) is 7.98. The molecule has 0 aromatic rings. The number of allylic oxidation sites excluding steroid dienone is 1. The molecule has 0 aromatic carbocycles. The monoisotopic (exact) mass is 208 g/mol. The molecule has 0 aliphatic carbocycles. The fraction of sp³-hybridized carbons (Fsp3) is 0.429. The van der Waals surface area contributed by atoms with E-state index < -0.39 is 6.08 Å². The summed E-state index contributed by atoms with van der Waals surface area (Å²) < 4.78 is 23.5. The lowest BCUT2D eigenvalue weighted by molar-refractivity contribution is 0.416. The smallest absolute Gasteiger partial charge is 0.172 e. The van der Waals surface area contributed by atoms with Crippen molar-refractivity contribution in [3.8, 4) is 11.8 Å². The highest BCUT2D eigenvalue weighted by Crippen LogP contribution is 2.08. The third-order valence-electron chi connectivity index (χ3n) is 0.778. The molecule has 0 aliphatic heterocycles. The molecule has 0 saturated heterocycles. The van der Waals surface area contributed by atoms with Gasteiger partial charge in [-0.25, -0.2) is 0 Å². The van der Waals surface area contributed by atoms with E-state index in [1.54, 1.807) is 0 Å². The van der Waals surface area contributed by atoms with E-state index in [0.717, 1.165) is 0 Å². The molecular formula is C7H7BrF2. The van der Waals surface area contributed by atoms with Crippen molar-refractivity contribution in [1.29, 1.82) is 0 Å². The van der Waals surface area contributed by atoms with Crippen LogP contribution in [-0.2, 0) is 0 Å². The van der Waals surface area contributed by atoms with E-state index in [1.807, 2.05) is 6.92 Å². The second-order valence-electron chi connectivity index (χ2n) is 1.53. The maximum absolute atomic E-state index is 11.8. The summed E-state index contributed by atoms with van der Waals surface area (Å²) in [4.78, 5) is 0. The maximum Gasteiger partial charge on any atom is 0.282 e. The number of hydrogen-bond acceptors (Lipinski definition) is 0. The first kappa shape index (κ1) is 9.64. The first-order chi connectivity index (χ1) is 4.72. The number of rotatable bonds is 1. The SMILES string of the molecule is CCC#CC(CBr)=C(F)F. The van der Waals surface area contributed by atoms with Gasteiger partial charge in [-0.3, -0.25) is 0 Å². The lowest BCUT2D eigenvalue weighted by atomic mass is 10.3. The van der Waals surface area contributed by atoms with Crippen molar-refractivity contribution in [2.24, 2.45) is 0 Å². The van der Waals surface area contributed by atoms with Gasteiger partial charge in [0.1, 0.15) is 0 Å². The molecule has 0 saturated carbocycles.